The predicted molar refractivity (Wildman–Crippen MR) is 100 cm³/mol. The summed E-state index contributed by atoms with van der Waals surface area (Å²) in [6.07, 6.45) is 5.22. The van der Waals surface area contributed by atoms with Gasteiger partial charge >= 0.3 is 6.03 Å². The number of nitrogens with zero attached hydrogens (tertiary/aromatic N) is 2. The van der Waals surface area contributed by atoms with Crippen molar-refractivity contribution in [1.29, 1.82) is 0 Å². The molecule has 1 aromatic carbocycles. The molecule has 5 nitrogen and oxygen atoms in total. The fourth-order valence-electron chi connectivity index (χ4n) is 3.57. The molecular formula is C20H29N3O2. The van der Waals surface area contributed by atoms with E-state index in [1.807, 2.05) is 23.1 Å². The molecule has 0 bridgehead atoms. The van der Waals surface area contributed by atoms with Crippen molar-refractivity contribution in [1.82, 2.24) is 15.1 Å². The molecule has 2 aliphatic heterocycles. The molecule has 1 fully saturated rings. The molecule has 136 valence electrons. The molecule has 1 aromatic rings. The quantitative estimate of drug-likeness (QED) is 0.894. The Kier molecular flexibility index (Phi) is 6.48. The Morgan fingerprint density at radius 3 is 2.68 bits per heavy atom. The fourth-order valence-corrected chi connectivity index (χ4v) is 3.57. The Morgan fingerprint density at radius 1 is 1.20 bits per heavy atom. The molecule has 1 saturated heterocycles. The maximum Gasteiger partial charge on any atom is 0.317 e. The number of hydrogen-bond donors (Lipinski definition) is 1. The smallest absolute Gasteiger partial charge is 0.317 e. The number of amides is 2. The zero-order chi connectivity index (χ0) is 17.5. The van der Waals surface area contributed by atoms with E-state index in [0.717, 1.165) is 52.0 Å². The number of nitrogens with one attached hydrogen (secondary N) is 1. The monoisotopic (exact) mass is 343 g/mol. The van der Waals surface area contributed by atoms with Crippen LogP contribution in [0.25, 0.3) is 5.57 Å². The Labute approximate surface area is 150 Å². The van der Waals surface area contributed by atoms with Crippen molar-refractivity contribution < 1.29 is 9.53 Å². The van der Waals surface area contributed by atoms with Gasteiger partial charge in [-0.15, -0.1) is 0 Å². The molecule has 0 unspecified atom stereocenters. The number of benzene rings is 1. The molecule has 0 saturated carbocycles. The summed E-state index contributed by atoms with van der Waals surface area (Å²) in [6.45, 7) is 5.32. The second-order valence-electron chi connectivity index (χ2n) is 6.86. The molecule has 0 spiro atoms. The first-order chi connectivity index (χ1) is 12.3. The highest BCUT2D eigenvalue weighted by Gasteiger charge is 2.24. The van der Waals surface area contributed by atoms with Gasteiger partial charge in [-0.05, 0) is 30.4 Å². The van der Waals surface area contributed by atoms with E-state index in [4.69, 9.17) is 4.74 Å². The van der Waals surface area contributed by atoms with E-state index in [0.29, 0.717) is 6.54 Å². The van der Waals surface area contributed by atoms with Gasteiger partial charge in [-0.3, -0.25) is 0 Å². The van der Waals surface area contributed by atoms with Crippen molar-refractivity contribution in [2.75, 3.05) is 46.4 Å². The number of piperidine rings is 1. The highest BCUT2D eigenvalue weighted by atomic mass is 16.5. The van der Waals surface area contributed by atoms with Crippen molar-refractivity contribution in [2.45, 2.75) is 25.3 Å². The first-order valence-corrected chi connectivity index (χ1v) is 9.27. The molecule has 5 heteroatoms. The van der Waals surface area contributed by atoms with E-state index in [9.17, 15) is 4.79 Å². The average Bonchev–Trinajstić information content (AvgIpc) is 2.68. The van der Waals surface area contributed by atoms with Crippen LogP contribution in [0.1, 0.15) is 24.8 Å². The number of carbonyl (C=O) groups is 1. The molecule has 3 rings (SSSR count). The van der Waals surface area contributed by atoms with E-state index in [1.54, 1.807) is 7.11 Å². The maximum atomic E-state index is 12.7. The fraction of sp³-hybridized carbons (Fsp3) is 0.550. The zero-order valence-corrected chi connectivity index (χ0v) is 15.1. The van der Waals surface area contributed by atoms with E-state index < -0.39 is 0 Å². The summed E-state index contributed by atoms with van der Waals surface area (Å²) >= 11 is 0. The Morgan fingerprint density at radius 2 is 1.96 bits per heavy atom. The van der Waals surface area contributed by atoms with Gasteiger partial charge in [-0.1, -0.05) is 36.4 Å². The van der Waals surface area contributed by atoms with E-state index in [1.165, 1.54) is 11.1 Å². The first kappa shape index (κ1) is 18.0. The standard InChI is InChI=1S/C20H29N3O2/c1-25-15-14-22-12-9-19(10-13-22)21-20(24)23-11-5-8-18(16-23)17-6-3-2-4-7-17/h2-4,6-8,19H,5,9-16H2,1H3,(H,21,24). The van der Waals surface area contributed by atoms with Crippen molar-refractivity contribution in [3.05, 3.63) is 42.0 Å². The summed E-state index contributed by atoms with van der Waals surface area (Å²) in [4.78, 5) is 17.0. The summed E-state index contributed by atoms with van der Waals surface area (Å²) in [5, 5.41) is 3.24. The van der Waals surface area contributed by atoms with Gasteiger partial charge < -0.3 is 19.9 Å². The summed E-state index contributed by atoms with van der Waals surface area (Å²) in [5.41, 5.74) is 2.46. The number of carbonyl (C=O) groups excluding carboxylic acids is 1. The second-order valence-corrected chi connectivity index (χ2v) is 6.86. The SMILES string of the molecule is COCCN1CCC(NC(=O)N2CCC=C(c3ccccc3)C2)CC1. The van der Waals surface area contributed by atoms with Crippen LogP contribution in [0, 0.1) is 0 Å². The molecule has 0 atom stereocenters. The highest BCUT2D eigenvalue weighted by Crippen LogP contribution is 2.21. The topological polar surface area (TPSA) is 44.8 Å². The van der Waals surface area contributed by atoms with Gasteiger partial charge in [0.05, 0.1) is 6.61 Å². The van der Waals surface area contributed by atoms with Crippen LogP contribution in [-0.2, 0) is 4.74 Å². The van der Waals surface area contributed by atoms with Crippen molar-refractivity contribution >= 4 is 11.6 Å². The molecule has 0 aliphatic carbocycles. The van der Waals surface area contributed by atoms with Crippen LogP contribution < -0.4 is 5.32 Å². The maximum absolute atomic E-state index is 12.7. The Bertz CT molecular complexity index is 580. The lowest BCUT2D eigenvalue weighted by molar-refractivity contribution is 0.125. The summed E-state index contributed by atoms with van der Waals surface area (Å²) in [5.74, 6) is 0. The summed E-state index contributed by atoms with van der Waals surface area (Å²) < 4.78 is 5.14. The normalized spacial score (nSPS) is 19.6. The van der Waals surface area contributed by atoms with Crippen LogP contribution in [0.15, 0.2) is 36.4 Å². The number of likely N-dealkylation sites (tertiary alicyclic amines) is 1. The van der Waals surface area contributed by atoms with Gasteiger partial charge in [0.25, 0.3) is 0 Å². The molecule has 0 radical (unpaired) electrons. The van der Waals surface area contributed by atoms with Crippen LogP contribution in [-0.4, -0.2) is 68.3 Å². The van der Waals surface area contributed by atoms with Crippen LogP contribution in [0.3, 0.4) is 0 Å². The zero-order valence-electron chi connectivity index (χ0n) is 15.1. The van der Waals surface area contributed by atoms with Gasteiger partial charge in [0.2, 0.25) is 0 Å². The van der Waals surface area contributed by atoms with Crippen LogP contribution >= 0.6 is 0 Å². The minimum absolute atomic E-state index is 0.0804. The van der Waals surface area contributed by atoms with Crippen LogP contribution in [0.2, 0.25) is 0 Å². The largest absolute Gasteiger partial charge is 0.383 e. The number of urea groups is 1. The molecule has 2 heterocycles. The summed E-state index contributed by atoms with van der Waals surface area (Å²) in [6, 6.07) is 10.7. The third kappa shape index (κ3) is 5.06. The molecule has 1 N–H and O–H groups in total. The minimum atomic E-state index is 0.0804. The van der Waals surface area contributed by atoms with Gasteiger partial charge in [-0.25, -0.2) is 4.79 Å². The van der Waals surface area contributed by atoms with E-state index in [2.05, 4.69) is 28.4 Å². The molecule has 25 heavy (non-hydrogen) atoms. The lowest BCUT2D eigenvalue weighted by Gasteiger charge is -2.34. The van der Waals surface area contributed by atoms with E-state index in [-0.39, 0.29) is 12.1 Å². The lowest BCUT2D eigenvalue weighted by Crippen LogP contribution is -2.50. The number of rotatable bonds is 5. The number of methoxy groups -OCH3 is 1. The number of ether oxygens (including phenoxy) is 1. The van der Waals surface area contributed by atoms with Crippen LogP contribution in [0.4, 0.5) is 4.79 Å². The van der Waals surface area contributed by atoms with Crippen LogP contribution in [0.5, 0.6) is 0 Å². The number of hydrogen-bond acceptors (Lipinski definition) is 3. The Hall–Kier alpha value is -1.85. The van der Waals surface area contributed by atoms with Crippen molar-refractivity contribution in [2.24, 2.45) is 0 Å². The predicted octanol–water partition coefficient (Wildman–Crippen LogP) is 2.60. The molecule has 2 amide bonds. The molecule has 2 aliphatic rings. The third-order valence-electron chi connectivity index (χ3n) is 5.11. The van der Waals surface area contributed by atoms with Crippen molar-refractivity contribution in [3.63, 3.8) is 0 Å². The van der Waals surface area contributed by atoms with Gasteiger partial charge in [0.15, 0.2) is 0 Å². The van der Waals surface area contributed by atoms with Gasteiger partial charge in [-0.2, -0.15) is 0 Å². The molecular weight excluding hydrogens is 314 g/mol. The van der Waals surface area contributed by atoms with Gasteiger partial charge in [0.1, 0.15) is 0 Å². The first-order valence-electron chi connectivity index (χ1n) is 9.27. The molecule has 0 aromatic heterocycles. The van der Waals surface area contributed by atoms with Crippen molar-refractivity contribution in [3.8, 4) is 0 Å². The highest BCUT2D eigenvalue weighted by molar-refractivity contribution is 5.79. The Balaban J connectivity index is 1.47. The minimum Gasteiger partial charge on any atom is -0.383 e. The lowest BCUT2D eigenvalue weighted by atomic mass is 10.0. The second kappa shape index (κ2) is 9.02. The summed E-state index contributed by atoms with van der Waals surface area (Å²) in [7, 11) is 1.74. The van der Waals surface area contributed by atoms with E-state index >= 15 is 0 Å². The van der Waals surface area contributed by atoms with Gasteiger partial charge in [0, 0.05) is 45.9 Å². The average molecular weight is 343 g/mol. The third-order valence-corrected chi connectivity index (χ3v) is 5.11.